The molecule has 29 heavy (non-hydrogen) atoms. The van der Waals surface area contributed by atoms with E-state index in [1.54, 1.807) is 0 Å². The molecule has 0 heterocycles. The topological polar surface area (TPSA) is 112 Å². The summed E-state index contributed by atoms with van der Waals surface area (Å²) in [5.41, 5.74) is 0. The van der Waals surface area contributed by atoms with Crippen LogP contribution in [0.5, 0.6) is 0 Å². The summed E-state index contributed by atoms with van der Waals surface area (Å²) in [7, 11) is 0. The summed E-state index contributed by atoms with van der Waals surface area (Å²) in [6.07, 6.45) is 16.7. The highest BCUT2D eigenvalue weighted by atomic mass is 16.4. The van der Waals surface area contributed by atoms with Gasteiger partial charge in [-0.25, -0.2) is 0 Å². The van der Waals surface area contributed by atoms with Crippen molar-refractivity contribution in [3.05, 3.63) is 12.2 Å². The van der Waals surface area contributed by atoms with E-state index in [-0.39, 0.29) is 18.8 Å². The molecule has 0 aromatic carbocycles. The first-order valence-electron chi connectivity index (χ1n) is 11.2. The van der Waals surface area contributed by atoms with Crippen LogP contribution in [0.3, 0.4) is 0 Å². The average molecular weight is 413 g/mol. The third kappa shape index (κ3) is 16.8. The molecule has 0 spiro atoms. The number of unbranched alkanes of at least 4 members (excludes halogenated alkanes) is 10. The number of carbonyl (C=O) groups is 3. The van der Waals surface area contributed by atoms with Gasteiger partial charge in [-0.1, -0.05) is 76.9 Å². The molecule has 0 saturated heterocycles. The number of rotatable bonds is 20. The lowest BCUT2D eigenvalue weighted by Crippen LogP contribution is -2.25. The summed E-state index contributed by atoms with van der Waals surface area (Å²) in [6, 6.07) is 0. The van der Waals surface area contributed by atoms with E-state index < -0.39 is 23.8 Å². The predicted octanol–water partition coefficient (Wildman–Crippen LogP) is 5.90. The number of hydrogen-bond acceptors (Lipinski definition) is 3. The molecule has 0 bridgehead atoms. The molecule has 0 amide bonds. The van der Waals surface area contributed by atoms with Crippen LogP contribution in [0.1, 0.15) is 103 Å². The lowest BCUT2D eigenvalue weighted by molar-refractivity contribution is -0.149. The van der Waals surface area contributed by atoms with E-state index in [2.05, 4.69) is 6.92 Å². The van der Waals surface area contributed by atoms with Gasteiger partial charge in [-0.15, -0.1) is 0 Å². The van der Waals surface area contributed by atoms with E-state index in [4.69, 9.17) is 10.2 Å². The fourth-order valence-electron chi connectivity index (χ4n) is 3.54. The number of aliphatic carboxylic acids is 3. The molecular weight excluding hydrogens is 372 g/mol. The van der Waals surface area contributed by atoms with Crippen LogP contribution in [0.4, 0.5) is 0 Å². The quantitative estimate of drug-likeness (QED) is 0.169. The van der Waals surface area contributed by atoms with Gasteiger partial charge in [0.25, 0.3) is 0 Å². The lowest BCUT2D eigenvalue weighted by Gasteiger charge is -2.20. The van der Waals surface area contributed by atoms with E-state index in [9.17, 15) is 19.5 Å². The van der Waals surface area contributed by atoms with Crippen LogP contribution in [-0.2, 0) is 14.4 Å². The average Bonchev–Trinajstić information content (AvgIpc) is 2.65. The molecule has 0 fully saturated rings. The van der Waals surface area contributed by atoms with Crippen molar-refractivity contribution in [2.24, 2.45) is 11.8 Å². The molecule has 0 aromatic heterocycles. The van der Waals surface area contributed by atoms with Crippen LogP contribution < -0.4 is 0 Å². The van der Waals surface area contributed by atoms with Gasteiger partial charge in [0, 0.05) is 6.42 Å². The Morgan fingerprint density at radius 1 is 0.759 bits per heavy atom. The normalized spacial score (nSPS) is 13.4. The van der Waals surface area contributed by atoms with Gasteiger partial charge in [-0.3, -0.25) is 14.4 Å². The molecule has 3 N–H and O–H groups in total. The number of carboxylic acids is 3. The molecule has 0 saturated carbocycles. The second kappa shape index (κ2) is 18.2. The molecule has 0 radical (unpaired) electrons. The molecular formula is C23H40O6. The summed E-state index contributed by atoms with van der Waals surface area (Å²) in [5.74, 6) is -3.98. The number of carboxylic acid groups (broad SMARTS) is 3. The maximum atomic E-state index is 11.6. The van der Waals surface area contributed by atoms with Crippen molar-refractivity contribution in [1.82, 2.24) is 0 Å². The van der Waals surface area contributed by atoms with E-state index >= 15 is 0 Å². The Balaban J connectivity index is 4.40. The van der Waals surface area contributed by atoms with E-state index in [0.717, 1.165) is 51.4 Å². The molecule has 0 rings (SSSR count). The Kier molecular flexibility index (Phi) is 17.0. The predicted molar refractivity (Wildman–Crippen MR) is 114 cm³/mol. The molecule has 2 unspecified atom stereocenters. The Morgan fingerprint density at radius 2 is 1.34 bits per heavy atom. The SMILES string of the molecule is CCCCCCCCC(C=CCCCCCCCC(=O)O)C(CC(=O)O)C(=O)O. The zero-order valence-electron chi connectivity index (χ0n) is 18.0. The van der Waals surface area contributed by atoms with Gasteiger partial charge in [0.1, 0.15) is 0 Å². The van der Waals surface area contributed by atoms with Gasteiger partial charge in [0.05, 0.1) is 12.3 Å². The monoisotopic (exact) mass is 412 g/mol. The van der Waals surface area contributed by atoms with Crippen LogP contribution in [-0.4, -0.2) is 33.2 Å². The van der Waals surface area contributed by atoms with Crippen molar-refractivity contribution < 1.29 is 29.7 Å². The Bertz CT molecular complexity index is 486. The van der Waals surface area contributed by atoms with Crippen molar-refractivity contribution in [1.29, 1.82) is 0 Å². The van der Waals surface area contributed by atoms with Crippen LogP contribution in [0.15, 0.2) is 12.2 Å². The highest BCUT2D eigenvalue weighted by Gasteiger charge is 2.28. The van der Waals surface area contributed by atoms with Gasteiger partial charge in [0.2, 0.25) is 0 Å². The van der Waals surface area contributed by atoms with Crippen molar-refractivity contribution in [2.75, 3.05) is 0 Å². The fraction of sp³-hybridized carbons (Fsp3) is 0.783. The second-order valence-corrected chi connectivity index (χ2v) is 7.89. The highest BCUT2D eigenvalue weighted by molar-refractivity contribution is 5.78. The highest BCUT2D eigenvalue weighted by Crippen LogP contribution is 2.25. The minimum absolute atomic E-state index is 0.222. The first-order chi connectivity index (χ1) is 13.9. The Labute approximate surface area is 175 Å². The molecule has 6 nitrogen and oxygen atoms in total. The summed E-state index contributed by atoms with van der Waals surface area (Å²) in [4.78, 5) is 33.1. The van der Waals surface area contributed by atoms with Gasteiger partial charge >= 0.3 is 17.9 Å². The summed E-state index contributed by atoms with van der Waals surface area (Å²) in [6.45, 7) is 2.17. The maximum Gasteiger partial charge on any atom is 0.307 e. The van der Waals surface area contributed by atoms with Crippen LogP contribution >= 0.6 is 0 Å². The minimum Gasteiger partial charge on any atom is -0.481 e. The second-order valence-electron chi connectivity index (χ2n) is 7.89. The molecule has 0 aliphatic heterocycles. The summed E-state index contributed by atoms with van der Waals surface area (Å²) >= 11 is 0. The van der Waals surface area contributed by atoms with Gasteiger partial charge < -0.3 is 15.3 Å². The third-order valence-electron chi connectivity index (χ3n) is 5.26. The minimum atomic E-state index is -1.07. The first-order valence-corrected chi connectivity index (χ1v) is 11.2. The standard InChI is InChI=1S/C23H40O6/c1-2-3-4-5-9-12-15-19(20(23(28)29)18-22(26)27)16-13-10-7-6-8-11-14-17-21(24)25/h13,16,19-20H,2-12,14-15,17-18H2,1H3,(H,24,25)(H,26,27)(H,28,29). The van der Waals surface area contributed by atoms with Crippen molar-refractivity contribution >= 4 is 17.9 Å². The van der Waals surface area contributed by atoms with Gasteiger partial charge in [-0.2, -0.15) is 0 Å². The van der Waals surface area contributed by atoms with Crippen LogP contribution in [0, 0.1) is 11.8 Å². The zero-order valence-corrected chi connectivity index (χ0v) is 18.0. The number of allylic oxidation sites excluding steroid dienone is 2. The molecule has 0 aliphatic carbocycles. The van der Waals surface area contributed by atoms with Crippen LogP contribution in [0.2, 0.25) is 0 Å². The summed E-state index contributed by atoms with van der Waals surface area (Å²) < 4.78 is 0. The molecule has 2 atom stereocenters. The largest absolute Gasteiger partial charge is 0.481 e. The number of hydrogen-bond donors (Lipinski definition) is 3. The van der Waals surface area contributed by atoms with Crippen LogP contribution in [0.25, 0.3) is 0 Å². The molecule has 0 aliphatic rings. The zero-order chi connectivity index (χ0) is 21.9. The van der Waals surface area contributed by atoms with Crippen molar-refractivity contribution in [2.45, 2.75) is 103 Å². The van der Waals surface area contributed by atoms with Crippen molar-refractivity contribution in [3.63, 3.8) is 0 Å². The van der Waals surface area contributed by atoms with E-state index in [1.807, 2.05) is 12.2 Å². The maximum absolute atomic E-state index is 11.6. The Hall–Kier alpha value is -1.85. The fourth-order valence-corrected chi connectivity index (χ4v) is 3.54. The summed E-state index contributed by atoms with van der Waals surface area (Å²) in [5, 5.41) is 27.2. The van der Waals surface area contributed by atoms with Crippen molar-refractivity contribution in [3.8, 4) is 0 Å². The lowest BCUT2D eigenvalue weighted by atomic mass is 9.84. The van der Waals surface area contributed by atoms with E-state index in [1.165, 1.54) is 19.3 Å². The molecule has 168 valence electrons. The first kappa shape index (κ1) is 27.1. The molecule has 6 heteroatoms. The van der Waals surface area contributed by atoms with Gasteiger partial charge in [0.15, 0.2) is 0 Å². The Morgan fingerprint density at radius 3 is 1.93 bits per heavy atom. The van der Waals surface area contributed by atoms with Gasteiger partial charge in [-0.05, 0) is 31.6 Å². The molecule has 0 aromatic rings. The smallest absolute Gasteiger partial charge is 0.307 e. The van der Waals surface area contributed by atoms with E-state index in [0.29, 0.717) is 12.8 Å². The third-order valence-corrected chi connectivity index (χ3v) is 5.26.